The lowest BCUT2D eigenvalue weighted by molar-refractivity contribution is -0.145. The number of rotatable bonds is 11. The maximum Gasteiger partial charge on any atom is 0.312 e. The van der Waals surface area contributed by atoms with Crippen molar-refractivity contribution in [2.75, 3.05) is 0 Å². The lowest BCUT2D eigenvalue weighted by Crippen LogP contribution is -2.09. The summed E-state index contributed by atoms with van der Waals surface area (Å²) in [5.41, 5.74) is 6.60. The van der Waals surface area contributed by atoms with Gasteiger partial charge in [0.25, 0.3) is 0 Å². The Balaban J connectivity index is 1.06. The molecule has 2 heterocycles. The Labute approximate surface area is 266 Å². The average molecular weight is 613 g/mol. The first-order valence-electron chi connectivity index (χ1n) is 14.9. The summed E-state index contributed by atoms with van der Waals surface area (Å²) in [6, 6.07) is 34.8. The number of hydrogen-bond donors (Lipinski definition) is 0. The molecule has 0 unspecified atom stereocenters. The number of esters is 2. The third-order valence-corrected chi connectivity index (χ3v) is 7.49. The molecular weight excluding hydrogens is 580 g/mol. The Kier molecular flexibility index (Phi) is 9.15. The SMILES string of the molecule is Cc1oc(-c2ccc(-c3ccc(-c4nc(CC(=O)OCc5ccccc5)c(C)o4)cc3)cc2)nc1CC(=O)OCc1ccccc1. The first-order chi connectivity index (χ1) is 22.4. The number of aromatic nitrogens is 2. The molecule has 6 aromatic rings. The monoisotopic (exact) mass is 612 g/mol. The Morgan fingerprint density at radius 1 is 0.522 bits per heavy atom. The van der Waals surface area contributed by atoms with Crippen LogP contribution in [-0.4, -0.2) is 21.9 Å². The third kappa shape index (κ3) is 7.47. The van der Waals surface area contributed by atoms with Crippen LogP contribution < -0.4 is 0 Å². The van der Waals surface area contributed by atoms with E-state index in [1.165, 1.54) is 0 Å². The number of ether oxygens (including phenoxy) is 2. The van der Waals surface area contributed by atoms with Gasteiger partial charge >= 0.3 is 11.9 Å². The molecule has 0 bridgehead atoms. The molecule has 0 saturated heterocycles. The van der Waals surface area contributed by atoms with Crippen molar-refractivity contribution < 1.29 is 27.9 Å². The van der Waals surface area contributed by atoms with E-state index in [4.69, 9.17) is 18.3 Å². The summed E-state index contributed by atoms with van der Waals surface area (Å²) in [7, 11) is 0. The first kappa shape index (κ1) is 30.3. The maximum atomic E-state index is 12.4. The summed E-state index contributed by atoms with van der Waals surface area (Å²) < 4.78 is 22.6. The smallest absolute Gasteiger partial charge is 0.312 e. The fraction of sp³-hybridized carbons (Fsp3) is 0.158. The zero-order valence-corrected chi connectivity index (χ0v) is 25.6. The number of aryl methyl sites for hydroxylation is 2. The van der Waals surface area contributed by atoms with E-state index in [0.717, 1.165) is 33.4 Å². The minimum Gasteiger partial charge on any atom is -0.461 e. The molecule has 0 fully saturated rings. The lowest BCUT2D eigenvalue weighted by Gasteiger charge is -2.04. The van der Waals surface area contributed by atoms with Crippen molar-refractivity contribution in [3.8, 4) is 34.0 Å². The minimum absolute atomic E-state index is 0.0382. The Morgan fingerprint density at radius 2 is 0.870 bits per heavy atom. The largest absolute Gasteiger partial charge is 0.461 e. The van der Waals surface area contributed by atoms with Gasteiger partial charge in [-0.1, -0.05) is 84.9 Å². The number of hydrogen-bond acceptors (Lipinski definition) is 8. The van der Waals surface area contributed by atoms with Gasteiger partial charge in [0.15, 0.2) is 0 Å². The van der Waals surface area contributed by atoms with Crippen LogP contribution in [0.2, 0.25) is 0 Å². The van der Waals surface area contributed by atoms with Crippen LogP contribution in [0.3, 0.4) is 0 Å². The highest BCUT2D eigenvalue weighted by Crippen LogP contribution is 2.29. The van der Waals surface area contributed by atoms with Crippen molar-refractivity contribution >= 4 is 11.9 Å². The molecule has 0 amide bonds. The molecular formula is C38H32N2O6. The predicted molar refractivity (Wildman–Crippen MR) is 172 cm³/mol. The molecule has 6 rings (SSSR count). The molecule has 8 heteroatoms. The molecule has 0 saturated carbocycles. The highest BCUT2D eigenvalue weighted by molar-refractivity contribution is 5.74. The summed E-state index contributed by atoms with van der Waals surface area (Å²) in [5, 5.41) is 0. The van der Waals surface area contributed by atoms with Gasteiger partial charge in [0.2, 0.25) is 11.8 Å². The van der Waals surface area contributed by atoms with E-state index in [2.05, 4.69) is 9.97 Å². The molecule has 46 heavy (non-hydrogen) atoms. The van der Waals surface area contributed by atoms with E-state index in [1.54, 1.807) is 13.8 Å². The topological polar surface area (TPSA) is 105 Å². The molecule has 0 aliphatic carbocycles. The normalized spacial score (nSPS) is 10.9. The van der Waals surface area contributed by atoms with Gasteiger partial charge in [0.1, 0.15) is 24.7 Å². The van der Waals surface area contributed by atoms with Crippen LogP contribution in [0.25, 0.3) is 34.0 Å². The van der Waals surface area contributed by atoms with Gasteiger partial charge in [-0.2, -0.15) is 0 Å². The summed E-state index contributed by atoms with van der Waals surface area (Å²) >= 11 is 0. The molecule has 8 nitrogen and oxygen atoms in total. The van der Waals surface area contributed by atoms with Crippen molar-refractivity contribution in [3.63, 3.8) is 0 Å². The predicted octanol–water partition coefficient (Wildman–Crippen LogP) is 7.85. The van der Waals surface area contributed by atoms with Gasteiger partial charge in [-0.3, -0.25) is 9.59 Å². The number of oxazole rings is 2. The molecule has 2 aromatic heterocycles. The fourth-order valence-electron chi connectivity index (χ4n) is 4.89. The van der Waals surface area contributed by atoms with Crippen molar-refractivity contribution in [2.45, 2.75) is 39.9 Å². The molecule has 230 valence electrons. The number of benzene rings is 4. The zero-order valence-electron chi connectivity index (χ0n) is 25.6. The van der Waals surface area contributed by atoms with Crippen molar-refractivity contribution in [2.24, 2.45) is 0 Å². The van der Waals surface area contributed by atoms with Gasteiger partial charge in [-0.05, 0) is 60.4 Å². The Hall–Kier alpha value is -5.76. The van der Waals surface area contributed by atoms with Crippen LogP contribution in [0.5, 0.6) is 0 Å². The second-order valence-electron chi connectivity index (χ2n) is 10.8. The van der Waals surface area contributed by atoms with E-state index < -0.39 is 0 Å². The van der Waals surface area contributed by atoms with Crippen LogP contribution >= 0.6 is 0 Å². The van der Waals surface area contributed by atoms with Crippen LogP contribution in [0.1, 0.15) is 34.0 Å². The number of nitrogens with zero attached hydrogens (tertiary/aromatic N) is 2. The van der Waals surface area contributed by atoms with Gasteiger partial charge in [0.05, 0.1) is 24.2 Å². The van der Waals surface area contributed by atoms with Crippen LogP contribution in [0.4, 0.5) is 0 Å². The summed E-state index contributed by atoms with van der Waals surface area (Å²) in [6.07, 6.45) is 0.0764. The number of carbonyl (C=O) groups excluding carboxylic acids is 2. The second kappa shape index (κ2) is 13.9. The van der Waals surface area contributed by atoms with Crippen LogP contribution in [0.15, 0.2) is 118 Å². The summed E-state index contributed by atoms with van der Waals surface area (Å²) in [4.78, 5) is 33.9. The first-order valence-corrected chi connectivity index (χ1v) is 14.9. The second-order valence-corrected chi connectivity index (χ2v) is 10.8. The van der Waals surface area contributed by atoms with Crippen molar-refractivity contribution in [3.05, 3.63) is 143 Å². The highest BCUT2D eigenvalue weighted by atomic mass is 16.5. The Morgan fingerprint density at radius 3 is 1.24 bits per heavy atom. The molecule has 0 aliphatic rings. The lowest BCUT2D eigenvalue weighted by atomic mass is 10.0. The standard InChI is InChI=1S/C38H32N2O6/c1-25-33(21-35(41)43-23-27-9-5-3-6-10-27)39-37(45-25)31-17-13-29(14-18-31)30-15-19-32(20-16-30)38-40-34(26(2)46-38)22-36(42)44-24-28-11-7-4-8-12-28/h3-20H,21-24H2,1-2H3. The van der Waals surface area contributed by atoms with Gasteiger partial charge < -0.3 is 18.3 Å². The van der Waals surface area contributed by atoms with E-state index in [0.29, 0.717) is 34.7 Å². The molecule has 4 aromatic carbocycles. The van der Waals surface area contributed by atoms with Crippen molar-refractivity contribution in [1.29, 1.82) is 0 Å². The van der Waals surface area contributed by atoms with E-state index in [9.17, 15) is 9.59 Å². The Bertz CT molecular complexity index is 1780. The van der Waals surface area contributed by atoms with Gasteiger partial charge in [-0.25, -0.2) is 9.97 Å². The quantitative estimate of drug-likeness (QED) is 0.136. The molecule has 0 N–H and O–H groups in total. The zero-order chi connectivity index (χ0) is 31.9. The molecule has 0 spiro atoms. The van der Waals surface area contributed by atoms with Gasteiger partial charge in [0, 0.05) is 11.1 Å². The minimum atomic E-state index is -0.358. The average Bonchev–Trinajstić information content (AvgIpc) is 3.64. The molecule has 0 radical (unpaired) electrons. The highest BCUT2D eigenvalue weighted by Gasteiger charge is 2.17. The van der Waals surface area contributed by atoms with Gasteiger partial charge in [-0.15, -0.1) is 0 Å². The number of carbonyl (C=O) groups is 2. The van der Waals surface area contributed by atoms with Crippen LogP contribution in [0, 0.1) is 13.8 Å². The maximum absolute atomic E-state index is 12.4. The van der Waals surface area contributed by atoms with Crippen LogP contribution in [-0.2, 0) is 45.1 Å². The summed E-state index contributed by atoms with van der Waals surface area (Å²) in [6.45, 7) is 4.03. The molecule has 0 atom stereocenters. The van der Waals surface area contributed by atoms with Crippen molar-refractivity contribution in [1.82, 2.24) is 9.97 Å². The van der Waals surface area contributed by atoms with E-state index in [1.807, 2.05) is 109 Å². The van der Waals surface area contributed by atoms with E-state index >= 15 is 0 Å². The summed E-state index contributed by atoms with van der Waals surface area (Å²) in [5.74, 6) is 1.35. The van der Waals surface area contributed by atoms with E-state index in [-0.39, 0.29) is 38.0 Å². The fourth-order valence-corrected chi connectivity index (χ4v) is 4.89. The third-order valence-electron chi connectivity index (χ3n) is 7.49. The molecule has 0 aliphatic heterocycles.